The molecule has 0 spiro atoms. The summed E-state index contributed by atoms with van der Waals surface area (Å²) in [7, 11) is 0. The van der Waals surface area contributed by atoms with Crippen LogP contribution in [0.2, 0.25) is 0 Å². The molecule has 5 heteroatoms. The zero-order valence-corrected chi connectivity index (χ0v) is 13.3. The molecule has 124 valence electrons. The van der Waals surface area contributed by atoms with Crippen molar-refractivity contribution in [1.29, 1.82) is 0 Å². The Hall–Kier alpha value is -2.69. The molecule has 5 nitrogen and oxygen atoms in total. The van der Waals surface area contributed by atoms with Crippen molar-refractivity contribution in [3.8, 4) is 0 Å². The van der Waals surface area contributed by atoms with Gasteiger partial charge in [0.1, 0.15) is 6.54 Å². The maximum absolute atomic E-state index is 12.2. The van der Waals surface area contributed by atoms with Crippen LogP contribution in [0.5, 0.6) is 0 Å². The monoisotopic (exact) mass is 325 g/mol. The highest BCUT2D eigenvalue weighted by Gasteiger charge is 2.25. The number of amides is 1. The van der Waals surface area contributed by atoms with E-state index in [0.29, 0.717) is 18.4 Å². The van der Waals surface area contributed by atoms with E-state index in [0.717, 1.165) is 23.6 Å². The number of esters is 1. The van der Waals surface area contributed by atoms with Gasteiger partial charge >= 0.3 is 5.97 Å². The van der Waals surface area contributed by atoms with Crippen LogP contribution in [-0.4, -0.2) is 30.3 Å². The van der Waals surface area contributed by atoms with Crippen LogP contribution in [0.25, 0.3) is 10.8 Å². The van der Waals surface area contributed by atoms with Crippen molar-refractivity contribution >= 4 is 28.4 Å². The summed E-state index contributed by atoms with van der Waals surface area (Å²) in [5, 5.41) is 4.55. The van der Waals surface area contributed by atoms with Gasteiger partial charge in [0, 0.05) is 12.0 Å². The minimum Gasteiger partial charge on any atom is -0.453 e. The molecule has 1 aliphatic carbocycles. The van der Waals surface area contributed by atoms with E-state index in [2.05, 4.69) is 5.32 Å². The van der Waals surface area contributed by atoms with Gasteiger partial charge in [0.05, 0.1) is 0 Å². The Morgan fingerprint density at radius 3 is 2.67 bits per heavy atom. The van der Waals surface area contributed by atoms with Gasteiger partial charge in [0.25, 0.3) is 5.91 Å². The second kappa shape index (κ2) is 7.25. The first kappa shape index (κ1) is 16.2. The number of hydrogen-bond acceptors (Lipinski definition) is 4. The Balaban J connectivity index is 1.56. The summed E-state index contributed by atoms with van der Waals surface area (Å²) in [6.07, 6.45) is 2.12. The standard InChI is InChI=1S/C19H19NO4/c21-16-7-3-4-8-17(16)24-18(22)12-20-19(23)15-10-9-13-5-1-2-6-14(13)11-15/h1-2,5-6,9-11,17H,3-4,7-8,12H2,(H,20,23)/t17-/m0/s1. The van der Waals surface area contributed by atoms with Gasteiger partial charge in [-0.25, -0.2) is 0 Å². The van der Waals surface area contributed by atoms with E-state index in [9.17, 15) is 14.4 Å². The molecule has 0 radical (unpaired) electrons. The third-order valence-corrected chi connectivity index (χ3v) is 4.18. The van der Waals surface area contributed by atoms with Gasteiger partial charge in [-0.05, 0) is 42.2 Å². The quantitative estimate of drug-likeness (QED) is 0.877. The zero-order chi connectivity index (χ0) is 16.9. The largest absolute Gasteiger partial charge is 0.453 e. The third-order valence-electron chi connectivity index (χ3n) is 4.18. The lowest BCUT2D eigenvalue weighted by molar-refractivity contribution is -0.155. The fraction of sp³-hybridized carbons (Fsp3) is 0.316. The molecule has 1 saturated carbocycles. The number of fused-ring (bicyclic) bond motifs is 1. The predicted molar refractivity (Wildman–Crippen MR) is 89.6 cm³/mol. The van der Waals surface area contributed by atoms with E-state index in [1.165, 1.54) is 0 Å². The average molecular weight is 325 g/mol. The van der Waals surface area contributed by atoms with Gasteiger partial charge in [-0.1, -0.05) is 30.3 Å². The first-order chi connectivity index (χ1) is 11.6. The van der Waals surface area contributed by atoms with Gasteiger partial charge < -0.3 is 10.1 Å². The normalized spacial score (nSPS) is 17.5. The number of nitrogens with one attached hydrogen (secondary N) is 1. The molecule has 3 rings (SSSR count). The number of carbonyl (C=O) groups excluding carboxylic acids is 3. The summed E-state index contributed by atoms with van der Waals surface area (Å²) in [5.41, 5.74) is 0.482. The van der Waals surface area contributed by atoms with E-state index in [-0.39, 0.29) is 18.2 Å². The van der Waals surface area contributed by atoms with Crippen LogP contribution in [-0.2, 0) is 14.3 Å². The smallest absolute Gasteiger partial charge is 0.326 e. The highest BCUT2D eigenvalue weighted by Crippen LogP contribution is 2.18. The number of Topliss-reactive ketones (excluding diaryl/α,β-unsaturated/α-hetero) is 1. The molecule has 1 aliphatic rings. The highest BCUT2D eigenvalue weighted by molar-refractivity contribution is 5.99. The van der Waals surface area contributed by atoms with E-state index < -0.39 is 12.1 Å². The van der Waals surface area contributed by atoms with Gasteiger partial charge in [-0.3, -0.25) is 14.4 Å². The SMILES string of the molecule is O=C(CNC(=O)c1ccc2ccccc2c1)O[C@H]1CCCCC1=O. The van der Waals surface area contributed by atoms with Crippen molar-refractivity contribution in [1.82, 2.24) is 5.32 Å². The maximum atomic E-state index is 12.2. The van der Waals surface area contributed by atoms with E-state index >= 15 is 0 Å². The van der Waals surface area contributed by atoms with Crippen LogP contribution >= 0.6 is 0 Å². The summed E-state index contributed by atoms with van der Waals surface area (Å²) < 4.78 is 5.16. The van der Waals surface area contributed by atoms with Crippen molar-refractivity contribution in [2.45, 2.75) is 31.8 Å². The van der Waals surface area contributed by atoms with E-state index in [1.807, 2.05) is 30.3 Å². The minimum atomic E-state index is -0.649. The molecule has 0 bridgehead atoms. The number of carbonyl (C=O) groups is 3. The Morgan fingerprint density at radius 2 is 1.88 bits per heavy atom. The van der Waals surface area contributed by atoms with Crippen LogP contribution in [0.1, 0.15) is 36.0 Å². The number of benzene rings is 2. The molecule has 1 atom stereocenters. The van der Waals surface area contributed by atoms with E-state index in [1.54, 1.807) is 12.1 Å². The summed E-state index contributed by atoms with van der Waals surface area (Å²) in [4.78, 5) is 35.6. The van der Waals surface area contributed by atoms with Crippen LogP contribution in [0.4, 0.5) is 0 Å². The van der Waals surface area contributed by atoms with Gasteiger partial charge in [0.2, 0.25) is 0 Å². The van der Waals surface area contributed by atoms with Crippen LogP contribution < -0.4 is 5.32 Å². The highest BCUT2D eigenvalue weighted by atomic mass is 16.5. The number of hydrogen-bond donors (Lipinski definition) is 1. The average Bonchev–Trinajstić information content (AvgIpc) is 2.61. The molecule has 0 saturated heterocycles. The molecular formula is C19H19NO4. The first-order valence-corrected chi connectivity index (χ1v) is 8.13. The number of ketones is 1. The topological polar surface area (TPSA) is 72.5 Å². The lowest BCUT2D eigenvalue weighted by Crippen LogP contribution is -2.36. The Labute approximate surface area is 140 Å². The number of rotatable bonds is 4. The van der Waals surface area contributed by atoms with Crippen LogP contribution in [0.3, 0.4) is 0 Å². The van der Waals surface area contributed by atoms with Crippen molar-refractivity contribution in [3.63, 3.8) is 0 Å². The summed E-state index contributed by atoms with van der Waals surface area (Å²) in [5.74, 6) is -0.951. The molecule has 1 amide bonds. The Bertz CT molecular complexity index is 784. The van der Waals surface area contributed by atoms with E-state index in [4.69, 9.17) is 4.74 Å². The first-order valence-electron chi connectivity index (χ1n) is 8.13. The molecule has 24 heavy (non-hydrogen) atoms. The predicted octanol–water partition coefficient (Wildman–Crippen LogP) is 2.62. The number of ether oxygens (including phenoxy) is 1. The van der Waals surface area contributed by atoms with Crippen molar-refractivity contribution < 1.29 is 19.1 Å². The molecule has 0 heterocycles. The fourth-order valence-electron chi connectivity index (χ4n) is 2.86. The molecule has 0 unspecified atom stereocenters. The molecule has 2 aromatic carbocycles. The lowest BCUT2D eigenvalue weighted by atomic mass is 9.96. The minimum absolute atomic E-state index is 0.0320. The zero-order valence-electron chi connectivity index (χ0n) is 13.3. The molecule has 1 fully saturated rings. The molecule has 1 N–H and O–H groups in total. The van der Waals surface area contributed by atoms with Gasteiger partial charge in [-0.2, -0.15) is 0 Å². The Kier molecular flexibility index (Phi) is 4.89. The third kappa shape index (κ3) is 3.79. The molecule has 0 aliphatic heterocycles. The van der Waals surface area contributed by atoms with Gasteiger partial charge in [0.15, 0.2) is 11.9 Å². The fourth-order valence-corrected chi connectivity index (χ4v) is 2.86. The Morgan fingerprint density at radius 1 is 1.08 bits per heavy atom. The van der Waals surface area contributed by atoms with Crippen LogP contribution in [0.15, 0.2) is 42.5 Å². The molecular weight excluding hydrogens is 306 g/mol. The van der Waals surface area contributed by atoms with Crippen molar-refractivity contribution in [2.75, 3.05) is 6.54 Å². The van der Waals surface area contributed by atoms with Gasteiger partial charge in [-0.15, -0.1) is 0 Å². The second-order valence-electron chi connectivity index (χ2n) is 5.94. The molecule has 0 aromatic heterocycles. The molecule has 2 aromatic rings. The van der Waals surface area contributed by atoms with Crippen molar-refractivity contribution in [3.05, 3.63) is 48.0 Å². The summed E-state index contributed by atoms with van der Waals surface area (Å²) in [6.45, 7) is -0.241. The maximum Gasteiger partial charge on any atom is 0.326 e. The summed E-state index contributed by atoms with van der Waals surface area (Å²) >= 11 is 0. The van der Waals surface area contributed by atoms with Crippen LogP contribution in [0, 0.1) is 0 Å². The van der Waals surface area contributed by atoms with Crippen molar-refractivity contribution in [2.24, 2.45) is 0 Å². The lowest BCUT2D eigenvalue weighted by Gasteiger charge is -2.20. The summed E-state index contributed by atoms with van der Waals surface area (Å²) in [6, 6.07) is 13.1. The second-order valence-corrected chi connectivity index (χ2v) is 5.94.